The first-order valence-electron chi connectivity index (χ1n) is 4.71. The summed E-state index contributed by atoms with van der Waals surface area (Å²) in [7, 11) is -3.71. The predicted molar refractivity (Wildman–Crippen MR) is 65.6 cm³/mol. The fraction of sp³-hybridized carbons (Fsp3) is 0.500. The lowest BCUT2D eigenvalue weighted by atomic mass is 10.4. The highest BCUT2D eigenvalue weighted by atomic mass is 35.5. The molecule has 17 heavy (non-hydrogen) atoms. The topological polar surface area (TPSA) is 88.2 Å². The zero-order chi connectivity index (χ0) is 13.1. The van der Waals surface area contributed by atoms with Gasteiger partial charge in [0.1, 0.15) is 0 Å². The van der Waals surface area contributed by atoms with Gasteiger partial charge >= 0.3 is 0 Å². The van der Waals surface area contributed by atoms with Crippen LogP contribution >= 0.6 is 22.9 Å². The molecule has 1 amide bonds. The molecule has 0 saturated heterocycles. The van der Waals surface area contributed by atoms with Crippen molar-refractivity contribution in [3.05, 3.63) is 10.7 Å². The van der Waals surface area contributed by atoms with Crippen molar-refractivity contribution in [2.24, 2.45) is 0 Å². The van der Waals surface area contributed by atoms with Gasteiger partial charge in [-0.2, -0.15) is 0 Å². The zero-order valence-electron chi connectivity index (χ0n) is 9.23. The van der Waals surface area contributed by atoms with Crippen LogP contribution in [0.1, 0.15) is 13.8 Å². The van der Waals surface area contributed by atoms with Crippen molar-refractivity contribution in [2.45, 2.75) is 24.1 Å². The number of amides is 1. The zero-order valence-corrected chi connectivity index (χ0v) is 11.6. The quantitative estimate of drug-likeness (QED) is 0.833. The number of nitrogens with one attached hydrogen (secondary N) is 2. The minimum atomic E-state index is -3.71. The van der Waals surface area contributed by atoms with Gasteiger partial charge in [0.2, 0.25) is 5.91 Å². The number of aromatic nitrogens is 1. The third-order valence-electron chi connectivity index (χ3n) is 1.59. The highest BCUT2D eigenvalue weighted by Crippen LogP contribution is 2.21. The number of thiazole rings is 1. The Labute approximate surface area is 108 Å². The van der Waals surface area contributed by atoms with Crippen LogP contribution in [0.25, 0.3) is 0 Å². The average Bonchev–Trinajstić information content (AvgIpc) is 2.62. The molecule has 6 nitrogen and oxygen atoms in total. The number of carbonyl (C=O) groups excluding carboxylic acids is 1. The van der Waals surface area contributed by atoms with Crippen molar-refractivity contribution in [1.82, 2.24) is 15.0 Å². The molecule has 0 bridgehead atoms. The molecule has 1 aromatic heterocycles. The summed E-state index contributed by atoms with van der Waals surface area (Å²) in [6.45, 7) is 3.26. The van der Waals surface area contributed by atoms with Crippen LogP contribution in [0.4, 0.5) is 0 Å². The average molecular weight is 298 g/mol. The Morgan fingerprint density at radius 2 is 2.24 bits per heavy atom. The number of halogens is 1. The van der Waals surface area contributed by atoms with Gasteiger partial charge in [-0.15, -0.1) is 0 Å². The number of rotatable bonds is 5. The van der Waals surface area contributed by atoms with Crippen molar-refractivity contribution in [2.75, 3.05) is 6.54 Å². The van der Waals surface area contributed by atoms with Crippen LogP contribution in [-0.4, -0.2) is 31.9 Å². The molecule has 0 atom stereocenters. The number of carbonyl (C=O) groups is 1. The van der Waals surface area contributed by atoms with E-state index >= 15 is 0 Å². The summed E-state index contributed by atoms with van der Waals surface area (Å²) < 4.78 is 25.6. The molecule has 0 saturated carbocycles. The standard InChI is InChI=1S/C8H12ClN3O3S2/c1-5(2)12-6(13)3-11-17(14,15)7-4-10-8(9)16-7/h4-5,11H,3H2,1-2H3,(H,12,13). The number of sulfonamides is 1. The van der Waals surface area contributed by atoms with Crippen molar-refractivity contribution in [3.63, 3.8) is 0 Å². The van der Waals surface area contributed by atoms with Gasteiger partial charge in [-0.1, -0.05) is 22.9 Å². The van der Waals surface area contributed by atoms with Crippen LogP contribution in [0, 0.1) is 0 Å². The van der Waals surface area contributed by atoms with Crippen molar-refractivity contribution >= 4 is 38.9 Å². The Balaban J connectivity index is 2.60. The van der Waals surface area contributed by atoms with Gasteiger partial charge in [-0.05, 0) is 13.8 Å². The van der Waals surface area contributed by atoms with E-state index in [9.17, 15) is 13.2 Å². The third kappa shape index (κ3) is 4.58. The summed E-state index contributed by atoms with van der Waals surface area (Å²) in [5.41, 5.74) is 0. The smallest absolute Gasteiger partial charge is 0.252 e. The lowest BCUT2D eigenvalue weighted by Crippen LogP contribution is -2.39. The van der Waals surface area contributed by atoms with Gasteiger partial charge in [0.15, 0.2) is 8.68 Å². The summed E-state index contributed by atoms with van der Waals surface area (Å²) in [5, 5.41) is 2.57. The van der Waals surface area contributed by atoms with E-state index in [4.69, 9.17) is 11.6 Å². The predicted octanol–water partition coefficient (Wildman–Crippen LogP) is 0.599. The van der Waals surface area contributed by atoms with E-state index in [-0.39, 0.29) is 27.2 Å². The van der Waals surface area contributed by atoms with Gasteiger partial charge in [0.25, 0.3) is 10.0 Å². The van der Waals surface area contributed by atoms with E-state index in [1.165, 1.54) is 0 Å². The van der Waals surface area contributed by atoms with Gasteiger partial charge in [0.05, 0.1) is 12.7 Å². The first-order valence-corrected chi connectivity index (χ1v) is 7.39. The molecule has 0 radical (unpaired) electrons. The lowest BCUT2D eigenvalue weighted by molar-refractivity contribution is -0.120. The number of nitrogens with zero attached hydrogens (tertiary/aromatic N) is 1. The molecule has 96 valence electrons. The fourth-order valence-electron chi connectivity index (χ4n) is 0.968. The molecule has 0 aliphatic rings. The molecule has 0 unspecified atom stereocenters. The lowest BCUT2D eigenvalue weighted by Gasteiger charge is -2.08. The van der Waals surface area contributed by atoms with Crippen LogP contribution in [0.3, 0.4) is 0 Å². The first kappa shape index (κ1) is 14.4. The van der Waals surface area contributed by atoms with Crippen molar-refractivity contribution < 1.29 is 13.2 Å². The summed E-state index contributed by atoms with van der Waals surface area (Å²) in [6.07, 6.45) is 1.15. The Hall–Kier alpha value is -0.700. The summed E-state index contributed by atoms with van der Waals surface area (Å²) in [5.74, 6) is -0.390. The molecule has 0 aliphatic heterocycles. The van der Waals surface area contributed by atoms with Crippen LogP contribution in [0.5, 0.6) is 0 Å². The van der Waals surface area contributed by atoms with E-state index < -0.39 is 10.0 Å². The fourth-order valence-corrected chi connectivity index (χ4v) is 3.29. The summed E-state index contributed by atoms with van der Waals surface area (Å²) in [4.78, 5) is 14.9. The van der Waals surface area contributed by atoms with Gasteiger partial charge in [-0.3, -0.25) is 4.79 Å². The maximum Gasteiger partial charge on any atom is 0.252 e. The Morgan fingerprint density at radius 1 is 1.59 bits per heavy atom. The second-order valence-corrected chi connectivity index (χ2v) is 7.09. The minimum Gasteiger partial charge on any atom is -0.353 e. The SMILES string of the molecule is CC(C)NC(=O)CNS(=O)(=O)c1cnc(Cl)s1. The second kappa shape index (κ2) is 5.76. The molecule has 0 spiro atoms. The summed E-state index contributed by atoms with van der Waals surface area (Å²) in [6, 6.07) is -0.0372. The van der Waals surface area contributed by atoms with Crippen molar-refractivity contribution in [1.29, 1.82) is 0 Å². The van der Waals surface area contributed by atoms with E-state index in [0.717, 1.165) is 17.5 Å². The normalized spacial score (nSPS) is 11.8. The van der Waals surface area contributed by atoms with Crippen LogP contribution in [-0.2, 0) is 14.8 Å². The molecule has 1 heterocycles. The molecule has 1 aromatic rings. The highest BCUT2D eigenvalue weighted by Gasteiger charge is 2.18. The van der Waals surface area contributed by atoms with E-state index in [0.29, 0.717) is 0 Å². The van der Waals surface area contributed by atoms with Crippen LogP contribution < -0.4 is 10.0 Å². The Kier molecular flexibility index (Phi) is 4.87. The van der Waals surface area contributed by atoms with Crippen molar-refractivity contribution in [3.8, 4) is 0 Å². The van der Waals surface area contributed by atoms with Gasteiger partial charge in [-0.25, -0.2) is 18.1 Å². The molecule has 0 aromatic carbocycles. The largest absolute Gasteiger partial charge is 0.353 e. The maximum absolute atomic E-state index is 11.7. The summed E-state index contributed by atoms with van der Waals surface area (Å²) >= 11 is 6.37. The molecule has 1 rings (SSSR count). The molecule has 9 heteroatoms. The Bertz CT molecular complexity index is 498. The highest BCUT2D eigenvalue weighted by molar-refractivity contribution is 7.91. The van der Waals surface area contributed by atoms with E-state index in [2.05, 4.69) is 15.0 Å². The minimum absolute atomic E-state index is 0.0140. The van der Waals surface area contributed by atoms with Gasteiger partial charge < -0.3 is 5.32 Å². The van der Waals surface area contributed by atoms with Crippen LogP contribution in [0.15, 0.2) is 10.4 Å². The Morgan fingerprint density at radius 3 is 2.71 bits per heavy atom. The number of hydrogen-bond donors (Lipinski definition) is 2. The van der Waals surface area contributed by atoms with Crippen LogP contribution in [0.2, 0.25) is 4.47 Å². The number of hydrogen-bond acceptors (Lipinski definition) is 5. The van der Waals surface area contributed by atoms with E-state index in [1.54, 1.807) is 13.8 Å². The van der Waals surface area contributed by atoms with E-state index in [1.807, 2.05) is 0 Å². The molecular formula is C8H12ClN3O3S2. The molecule has 2 N–H and O–H groups in total. The van der Waals surface area contributed by atoms with Gasteiger partial charge in [0, 0.05) is 6.04 Å². The first-order chi connectivity index (χ1) is 7.81. The molecule has 0 aliphatic carbocycles. The second-order valence-electron chi connectivity index (χ2n) is 3.48. The monoisotopic (exact) mass is 297 g/mol. The third-order valence-corrected chi connectivity index (χ3v) is 4.57. The molecule has 0 fully saturated rings. The maximum atomic E-state index is 11.7. The molecular weight excluding hydrogens is 286 g/mol.